The topological polar surface area (TPSA) is 171 Å². The van der Waals surface area contributed by atoms with E-state index in [-0.39, 0.29) is 22.2 Å². The van der Waals surface area contributed by atoms with Gasteiger partial charge in [-0.1, -0.05) is 23.4 Å². The van der Waals surface area contributed by atoms with Gasteiger partial charge in [0.2, 0.25) is 0 Å². The van der Waals surface area contributed by atoms with E-state index in [1.807, 2.05) is 6.07 Å². The molecule has 4 heterocycles. The summed E-state index contributed by atoms with van der Waals surface area (Å²) in [6.07, 6.45) is 6.63. The summed E-state index contributed by atoms with van der Waals surface area (Å²) >= 11 is 2.38. The lowest BCUT2D eigenvalue weighted by atomic mass is 10.0. The van der Waals surface area contributed by atoms with E-state index in [0.717, 1.165) is 21.8 Å². The Morgan fingerprint density at radius 2 is 2.19 bits per heavy atom. The van der Waals surface area contributed by atoms with Crippen molar-refractivity contribution >= 4 is 57.8 Å². The fourth-order valence-corrected chi connectivity index (χ4v) is 5.13. The zero-order valence-electron chi connectivity index (χ0n) is 16.2. The number of pyridine rings is 1. The Labute approximate surface area is 189 Å². The molecule has 0 radical (unpaired) electrons. The maximum atomic E-state index is 12.7. The highest BCUT2D eigenvalue weighted by Crippen LogP contribution is 2.40. The Balaban J connectivity index is 1.52. The number of nitrogen functional groups attached to an aromatic ring is 1. The van der Waals surface area contributed by atoms with Gasteiger partial charge in [0.25, 0.3) is 11.8 Å². The van der Waals surface area contributed by atoms with Gasteiger partial charge in [-0.05, 0) is 17.2 Å². The van der Waals surface area contributed by atoms with Crippen LogP contribution in [0.1, 0.15) is 11.3 Å². The highest BCUT2D eigenvalue weighted by molar-refractivity contribution is 8.00. The first-order valence-electron chi connectivity index (χ1n) is 9.14. The van der Waals surface area contributed by atoms with Crippen LogP contribution >= 0.6 is 23.1 Å². The molecule has 2 atom stereocenters. The van der Waals surface area contributed by atoms with Crippen molar-refractivity contribution in [2.75, 3.05) is 11.5 Å². The minimum Gasteiger partial charge on any atom is -0.477 e. The molecular formula is C19H16N6O5S2. The third-order valence-corrected chi connectivity index (χ3v) is 6.70. The number of nitrogens with zero attached hydrogens (tertiary/aromatic N) is 4. The van der Waals surface area contributed by atoms with Crippen LogP contribution < -0.4 is 11.1 Å². The summed E-state index contributed by atoms with van der Waals surface area (Å²) in [4.78, 5) is 46.3. The number of aliphatic carboxylic acids is 1. The molecule has 164 valence electrons. The number of thioether (sulfide) groups is 1. The predicted octanol–water partition coefficient (Wildman–Crippen LogP) is 0.751. The van der Waals surface area contributed by atoms with Crippen molar-refractivity contribution in [1.82, 2.24) is 20.2 Å². The number of carboxylic acids is 1. The van der Waals surface area contributed by atoms with Gasteiger partial charge >= 0.3 is 5.97 Å². The summed E-state index contributed by atoms with van der Waals surface area (Å²) in [5.74, 6) is -2.31. The first-order chi connectivity index (χ1) is 15.4. The van der Waals surface area contributed by atoms with Crippen LogP contribution in [-0.2, 0) is 14.4 Å². The minimum absolute atomic E-state index is 0.0707. The number of carboxylic acid groups (broad SMARTS) is 1. The van der Waals surface area contributed by atoms with Crippen LogP contribution in [0.25, 0.3) is 6.08 Å². The van der Waals surface area contributed by atoms with Crippen LogP contribution in [0.2, 0.25) is 0 Å². The molecule has 0 aliphatic carbocycles. The van der Waals surface area contributed by atoms with Crippen molar-refractivity contribution in [3.05, 3.63) is 58.5 Å². The zero-order chi connectivity index (χ0) is 22.8. The molecule has 0 aromatic carbocycles. The van der Waals surface area contributed by atoms with Gasteiger partial charge in [-0.15, -0.1) is 23.1 Å². The summed E-state index contributed by atoms with van der Waals surface area (Å²) in [5, 5.41) is 25.4. The molecule has 0 saturated carbocycles. The van der Waals surface area contributed by atoms with Crippen molar-refractivity contribution in [2.24, 2.45) is 5.16 Å². The van der Waals surface area contributed by atoms with Crippen LogP contribution in [0.3, 0.4) is 0 Å². The van der Waals surface area contributed by atoms with Crippen LogP contribution in [0, 0.1) is 0 Å². The SMILES string of the molecule is Nc1nc(/C(=N/O)C(=O)N[C@@H]2C(=O)N3C(C(=O)O)=C(/C=C/c4cccnc4)CS[C@H]23)cs1. The normalized spacial score (nSPS) is 20.8. The Bertz CT molecular complexity index is 1180. The summed E-state index contributed by atoms with van der Waals surface area (Å²) in [6, 6.07) is 2.60. The van der Waals surface area contributed by atoms with E-state index in [1.165, 1.54) is 17.1 Å². The van der Waals surface area contributed by atoms with Crippen molar-refractivity contribution < 1.29 is 24.7 Å². The molecule has 11 nitrogen and oxygen atoms in total. The molecule has 2 aliphatic heterocycles. The van der Waals surface area contributed by atoms with Gasteiger partial charge in [0.15, 0.2) is 10.8 Å². The molecule has 5 N–H and O–H groups in total. The Morgan fingerprint density at radius 3 is 2.81 bits per heavy atom. The number of hydrogen-bond acceptors (Lipinski definition) is 10. The zero-order valence-corrected chi connectivity index (χ0v) is 17.8. The van der Waals surface area contributed by atoms with E-state index >= 15 is 0 Å². The van der Waals surface area contributed by atoms with Gasteiger partial charge < -0.3 is 21.4 Å². The van der Waals surface area contributed by atoms with Gasteiger partial charge in [-0.2, -0.15) is 0 Å². The Hall–Kier alpha value is -3.71. The number of rotatable bonds is 6. The number of fused-ring (bicyclic) bond motifs is 1. The second-order valence-electron chi connectivity index (χ2n) is 6.68. The van der Waals surface area contributed by atoms with E-state index in [9.17, 15) is 24.7 Å². The Kier molecular flexibility index (Phi) is 5.92. The molecule has 1 fully saturated rings. The van der Waals surface area contributed by atoms with Gasteiger partial charge in [0.05, 0.1) is 0 Å². The average molecular weight is 473 g/mol. The molecule has 1 saturated heterocycles. The van der Waals surface area contributed by atoms with Gasteiger partial charge in [0.1, 0.15) is 22.8 Å². The molecule has 2 amide bonds. The number of oxime groups is 1. The lowest BCUT2D eigenvalue weighted by Crippen LogP contribution is -2.71. The standard InChI is InChI=1S/C19H16N6O5S2/c20-19-22-11(8-32-19)12(24-30)15(26)23-13-16(27)25-14(18(28)29)10(7-31-17(13)25)4-3-9-2-1-5-21-6-9/h1-6,8,13,17,30H,7H2,(H2,20,22)(H,23,26)(H,28,29)/b4-3+,24-12-/t13-,17-/m1/s1. The maximum absolute atomic E-state index is 12.7. The van der Waals surface area contributed by atoms with Gasteiger partial charge in [0, 0.05) is 23.5 Å². The number of nitrogens with two attached hydrogens (primary N) is 1. The molecule has 0 bridgehead atoms. The molecule has 4 rings (SSSR count). The summed E-state index contributed by atoms with van der Waals surface area (Å²) in [6.45, 7) is 0. The predicted molar refractivity (Wildman–Crippen MR) is 118 cm³/mol. The van der Waals surface area contributed by atoms with Crippen molar-refractivity contribution in [3.63, 3.8) is 0 Å². The summed E-state index contributed by atoms with van der Waals surface area (Å²) < 4.78 is 0. The first kappa shape index (κ1) is 21.5. The number of anilines is 1. The fourth-order valence-electron chi connectivity index (χ4n) is 3.26. The van der Waals surface area contributed by atoms with Crippen LogP contribution in [-0.4, -0.2) is 65.8 Å². The van der Waals surface area contributed by atoms with Gasteiger partial charge in [-0.25, -0.2) is 9.78 Å². The average Bonchev–Trinajstić information content (AvgIpc) is 3.22. The number of amides is 2. The third-order valence-electron chi connectivity index (χ3n) is 4.73. The second kappa shape index (κ2) is 8.80. The quantitative estimate of drug-likeness (QED) is 0.205. The van der Waals surface area contributed by atoms with E-state index in [2.05, 4.69) is 20.4 Å². The number of allylic oxidation sites excluding steroid dienone is 1. The highest BCUT2D eigenvalue weighted by Gasteiger charge is 2.54. The number of hydrogen-bond donors (Lipinski definition) is 4. The van der Waals surface area contributed by atoms with Gasteiger partial charge in [-0.3, -0.25) is 19.5 Å². The Morgan fingerprint density at radius 1 is 1.38 bits per heavy atom. The molecule has 2 aromatic rings. The molecule has 2 aliphatic rings. The molecule has 0 unspecified atom stereocenters. The van der Waals surface area contributed by atoms with E-state index in [1.54, 1.807) is 30.6 Å². The maximum Gasteiger partial charge on any atom is 0.352 e. The van der Waals surface area contributed by atoms with E-state index < -0.39 is 29.2 Å². The largest absolute Gasteiger partial charge is 0.477 e. The fraction of sp³-hybridized carbons (Fsp3) is 0.158. The van der Waals surface area contributed by atoms with Crippen LogP contribution in [0.15, 0.2) is 52.4 Å². The van der Waals surface area contributed by atoms with Crippen molar-refractivity contribution in [2.45, 2.75) is 11.4 Å². The summed E-state index contributed by atoms with van der Waals surface area (Å²) in [5.41, 5.74) is 6.35. The molecular weight excluding hydrogens is 456 g/mol. The number of carbonyl (C=O) groups excluding carboxylic acids is 2. The smallest absolute Gasteiger partial charge is 0.352 e. The van der Waals surface area contributed by atoms with Crippen LogP contribution in [0.4, 0.5) is 5.13 Å². The van der Waals surface area contributed by atoms with Crippen LogP contribution in [0.5, 0.6) is 0 Å². The molecule has 13 heteroatoms. The number of carbonyl (C=O) groups is 3. The number of nitrogens with one attached hydrogen (secondary N) is 1. The lowest BCUT2D eigenvalue weighted by molar-refractivity contribution is -0.150. The number of β-lactam (4-membered cyclic amide) rings is 1. The summed E-state index contributed by atoms with van der Waals surface area (Å²) in [7, 11) is 0. The lowest BCUT2D eigenvalue weighted by Gasteiger charge is -2.49. The first-order valence-corrected chi connectivity index (χ1v) is 11.1. The second-order valence-corrected chi connectivity index (χ2v) is 8.67. The highest BCUT2D eigenvalue weighted by atomic mass is 32.2. The van der Waals surface area contributed by atoms with E-state index in [4.69, 9.17) is 5.73 Å². The molecule has 0 spiro atoms. The van der Waals surface area contributed by atoms with Crippen molar-refractivity contribution in [3.8, 4) is 0 Å². The molecule has 2 aromatic heterocycles. The minimum atomic E-state index is -1.24. The number of aromatic nitrogens is 2. The third kappa shape index (κ3) is 3.94. The monoisotopic (exact) mass is 472 g/mol. The van der Waals surface area contributed by atoms with E-state index in [0.29, 0.717) is 11.3 Å². The number of thiazole rings is 1. The molecule has 32 heavy (non-hydrogen) atoms. The van der Waals surface area contributed by atoms with Crippen molar-refractivity contribution in [1.29, 1.82) is 0 Å².